The molecule has 0 spiro atoms. The Morgan fingerprint density at radius 2 is 1.74 bits per heavy atom. The van der Waals surface area contributed by atoms with Gasteiger partial charge in [-0.05, 0) is 30.5 Å². The highest BCUT2D eigenvalue weighted by molar-refractivity contribution is 6.30. The molecule has 0 unspecified atom stereocenters. The van der Waals surface area contributed by atoms with Gasteiger partial charge in [0, 0.05) is 50.8 Å². The van der Waals surface area contributed by atoms with Crippen molar-refractivity contribution in [3.63, 3.8) is 0 Å². The van der Waals surface area contributed by atoms with Gasteiger partial charge < -0.3 is 9.32 Å². The van der Waals surface area contributed by atoms with Crippen molar-refractivity contribution in [2.24, 2.45) is 0 Å². The molecule has 0 radical (unpaired) electrons. The van der Waals surface area contributed by atoms with Crippen molar-refractivity contribution in [1.29, 1.82) is 0 Å². The molecule has 3 heterocycles. The summed E-state index contributed by atoms with van der Waals surface area (Å²) in [6.07, 6.45) is 3.66. The summed E-state index contributed by atoms with van der Waals surface area (Å²) in [4.78, 5) is 23.4. The molecular weight excluding hydrogens is 364 g/mol. The quantitative estimate of drug-likeness (QED) is 0.788. The van der Waals surface area contributed by atoms with Crippen molar-refractivity contribution >= 4 is 17.5 Å². The van der Waals surface area contributed by atoms with E-state index in [1.165, 1.54) is 11.8 Å². The third-order valence-corrected chi connectivity index (χ3v) is 5.52. The molecule has 0 saturated carbocycles. The van der Waals surface area contributed by atoms with Crippen molar-refractivity contribution < 1.29 is 9.21 Å². The Kier molecular flexibility index (Phi) is 5.76. The zero-order valence-electron chi connectivity index (χ0n) is 15.4. The number of hydrogen-bond donors (Lipinski definition) is 0. The summed E-state index contributed by atoms with van der Waals surface area (Å²) in [5.41, 5.74) is 1.68. The van der Waals surface area contributed by atoms with Crippen LogP contribution in [0.5, 0.6) is 0 Å². The standard InChI is InChI=1S/C20H25ClN4O2/c21-17-5-3-4-16(12-17)13-23-8-10-24(11-9-23)14-19-22-18(15-27-19)20(26)25-6-1-2-7-25/h3-5,12,15H,1-2,6-11,13-14H2. The lowest BCUT2D eigenvalue weighted by molar-refractivity contribution is 0.0786. The predicted molar refractivity (Wildman–Crippen MR) is 104 cm³/mol. The monoisotopic (exact) mass is 388 g/mol. The molecule has 144 valence electrons. The van der Waals surface area contributed by atoms with Gasteiger partial charge in [0.15, 0.2) is 5.69 Å². The summed E-state index contributed by atoms with van der Waals surface area (Å²) >= 11 is 6.07. The van der Waals surface area contributed by atoms with Gasteiger partial charge in [0.1, 0.15) is 6.26 Å². The molecule has 0 bridgehead atoms. The fourth-order valence-electron chi connectivity index (χ4n) is 3.75. The first-order valence-electron chi connectivity index (χ1n) is 9.60. The lowest BCUT2D eigenvalue weighted by Gasteiger charge is -2.34. The topological polar surface area (TPSA) is 52.8 Å². The van der Waals surface area contributed by atoms with Crippen molar-refractivity contribution in [2.45, 2.75) is 25.9 Å². The first kappa shape index (κ1) is 18.5. The van der Waals surface area contributed by atoms with Crippen LogP contribution in [0.25, 0.3) is 0 Å². The van der Waals surface area contributed by atoms with Crippen LogP contribution in [-0.4, -0.2) is 64.9 Å². The molecule has 0 N–H and O–H groups in total. The van der Waals surface area contributed by atoms with Crippen LogP contribution < -0.4 is 0 Å². The predicted octanol–water partition coefficient (Wildman–Crippen LogP) is 2.88. The van der Waals surface area contributed by atoms with Gasteiger partial charge in [0.05, 0.1) is 6.54 Å². The number of carbonyl (C=O) groups excluding carboxylic acids is 1. The Bertz CT molecular complexity index is 780. The van der Waals surface area contributed by atoms with Crippen LogP contribution in [-0.2, 0) is 13.1 Å². The lowest BCUT2D eigenvalue weighted by atomic mass is 10.2. The average molecular weight is 389 g/mol. The minimum atomic E-state index is -0.00570. The number of oxazole rings is 1. The Labute approximate surface area is 164 Å². The second-order valence-corrected chi connectivity index (χ2v) is 7.74. The third-order valence-electron chi connectivity index (χ3n) is 5.28. The summed E-state index contributed by atoms with van der Waals surface area (Å²) in [5.74, 6) is 0.620. The largest absolute Gasteiger partial charge is 0.447 e. The zero-order valence-corrected chi connectivity index (χ0v) is 16.2. The molecule has 6 nitrogen and oxygen atoms in total. The summed E-state index contributed by atoms with van der Waals surface area (Å²) in [7, 11) is 0. The maximum atomic E-state index is 12.4. The molecule has 2 aromatic rings. The fourth-order valence-corrected chi connectivity index (χ4v) is 3.97. The van der Waals surface area contributed by atoms with Crippen molar-refractivity contribution in [3.05, 3.63) is 52.7 Å². The third kappa shape index (κ3) is 4.69. The first-order valence-corrected chi connectivity index (χ1v) is 9.98. The Hall–Kier alpha value is -1.89. The highest BCUT2D eigenvalue weighted by atomic mass is 35.5. The van der Waals surface area contributed by atoms with Crippen molar-refractivity contribution in [1.82, 2.24) is 19.7 Å². The van der Waals surface area contributed by atoms with Crippen LogP contribution in [0.1, 0.15) is 34.8 Å². The zero-order chi connectivity index (χ0) is 18.6. The van der Waals surface area contributed by atoms with Gasteiger partial charge in [-0.25, -0.2) is 4.98 Å². The Morgan fingerprint density at radius 3 is 2.44 bits per heavy atom. The van der Waals surface area contributed by atoms with Crippen molar-refractivity contribution in [3.8, 4) is 0 Å². The molecule has 7 heteroatoms. The smallest absolute Gasteiger partial charge is 0.275 e. The summed E-state index contributed by atoms with van der Waals surface area (Å²) in [6.45, 7) is 7.13. The minimum absolute atomic E-state index is 0.00570. The number of rotatable bonds is 5. The molecule has 2 aliphatic heterocycles. The van der Waals surface area contributed by atoms with Gasteiger partial charge in [0.25, 0.3) is 5.91 Å². The average Bonchev–Trinajstić information content (AvgIpc) is 3.35. The van der Waals surface area contributed by atoms with E-state index in [-0.39, 0.29) is 5.91 Å². The number of nitrogens with zero attached hydrogens (tertiary/aromatic N) is 4. The van der Waals surface area contributed by atoms with Gasteiger partial charge in [-0.1, -0.05) is 23.7 Å². The van der Waals surface area contributed by atoms with E-state index < -0.39 is 0 Å². The minimum Gasteiger partial charge on any atom is -0.447 e. The molecule has 1 aromatic carbocycles. The van der Waals surface area contributed by atoms with E-state index in [2.05, 4.69) is 20.9 Å². The highest BCUT2D eigenvalue weighted by Gasteiger charge is 2.24. The number of piperazine rings is 1. The number of aromatic nitrogens is 1. The van der Waals surface area contributed by atoms with Gasteiger partial charge in [-0.15, -0.1) is 0 Å². The number of carbonyl (C=O) groups is 1. The molecular formula is C20H25ClN4O2. The van der Waals surface area contributed by atoms with Gasteiger partial charge >= 0.3 is 0 Å². The van der Waals surface area contributed by atoms with Gasteiger partial charge in [-0.2, -0.15) is 0 Å². The summed E-state index contributed by atoms with van der Waals surface area (Å²) in [5, 5.41) is 0.786. The molecule has 4 rings (SSSR count). The van der Waals surface area contributed by atoms with E-state index in [0.717, 1.165) is 63.7 Å². The summed E-state index contributed by atoms with van der Waals surface area (Å²) < 4.78 is 5.56. The number of halogens is 1. The molecule has 2 fully saturated rings. The van der Waals surface area contributed by atoms with Crippen LogP contribution in [0.2, 0.25) is 5.02 Å². The second-order valence-electron chi connectivity index (χ2n) is 7.31. The summed E-state index contributed by atoms with van der Waals surface area (Å²) in [6, 6.07) is 8.04. The maximum Gasteiger partial charge on any atom is 0.275 e. The maximum absolute atomic E-state index is 12.4. The van der Waals surface area contributed by atoms with Crippen LogP contribution in [0.15, 0.2) is 34.9 Å². The fraction of sp³-hybridized carbons (Fsp3) is 0.500. The normalized spacial score (nSPS) is 18.9. The van der Waals surface area contributed by atoms with Crippen LogP contribution in [0.4, 0.5) is 0 Å². The molecule has 1 amide bonds. The number of hydrogen-bond acceptors (Lipinski definition) is 5. The SMILES string of the molecule is O=C(c1coc(CN2CCN(Cc3cccc(Cl)c3)CC2)n1)N1CCCC1. The van der Waals surface area contributed by atoms with Crippen LogP contribution in [0.3, 0.4) is 0 Å². The molecule has 2 aliphatic rings. The van der Waals surface area contributed by atoms with E-state index >= 15 is 0 Å². The van der Waals surface area contributed by atoms with Crippen LogP contribution >= 0.6 is 11.6 Å². The Balaban J connectivity index is 1.26. The Morgan fingerprint density at radius 1 is 1.04 bits per heavy atom. The van der Waals surface area contributed by atoms with Gasteiger partial charge in [-0.3, -0.25) is 14.6 Å². The molecule has 0 atom stereocenters. The first-order chi connectivity index (χ1) is 13.2. The van der Waals surface area contributed by atoms with E-state index in [1.807, 2.05) is 23.1 Å². The van der Waals surface area contributed by atoms with Crippen LogP contribution in [0, 0.1) is 0 Å². The lowest BCUT2D eigenvalue weighted by Crippen LogP contribution is -2.45. The van der Waals surface area contributed by atoms with E-state index in [0.29, 0.717) is 18.1 Å². The molecule has 0 aliphatic carbocycles. The number of amides is 1. The molecule has 1 aromatic heterocycles. The number of likely N-dealkylation sites (tertiary alicyclic amines) is 1. The van der Waals surface area contributed by atoms with E-state index in [9.17, 15) is 4.79 Å². The second kappa shape index (κ2) is 8.42. The van der Waals surface area contributed by atoms with Gasteiger partial charge in [0.2, 0.25) is 5.89 Å². The highest BCUT2D eigenvalue weighted by Crippen LogP contribution is 2.16. The number of benzene rings is 1. The van der Waals surface area contributed by atoms with Crippen molar-refractivity contribution in [2.75, 3.05) is 39.3 Å². The molecule has 27 heavy (non-hydrogen) atoms. The van der Waals surface area contributed by atoms with E-state index in [4.69, 9.17) is 16.0 Å². The van der Waals surface area contributed by atoms with E-state index in [1.54, 1.807) is 0 Å². The molecule has 2 saturated heterocycles.